The van der Waals surface area contributed by atoms with Crippen molar-refractivity contribution in [2.24, 2.45) is 0 Å². The SMILES string of the molecule is CCOc1ccc(N([C@@H](C)C(=O)N[C@@H](C)c2cc(C)c(C)cc2C)S(C)(=O)=O)cc1. The molecular weight excluding hydrogens is 400 g/mol. The molecule has 0 spiro atoms. The number of carbonyl (C=O) groups is 1. The van der Waals surface area contributed by atoms with Crippen molar-refractivity contribution >= 4 is 21.6 Å². The fourth-order valence-electron chi connectivity index (χ4n) is 3.53. The summed E-state index contributed by atoms with van der Waals surface area (Å²) in [7, 11) is -3.68. The van der Waals surface area contributed by atoms with E-state index >= 15 is 0 Å². The van der Waals surface area contributed by atoms with E-state index < -0.39 is 16.1 Å². The normalized spacial score (nSPS) is 13.4. The minimum Gasteiger partial charge on any atom is -0.494 e. The standard InChI is InChI=1S/C23H32N2O4S/c1-8-29-21-11-9-20(10-12-21)25(30(7,27)28)19(6)23(26)24-18(5)22-14-16(3)15(2)13-17(22)4/h9-14,18-19H,8H2,1-7H3,(H,24,26)/t18-,19-/m0/s1. The maximum atomic E-state index is 13.0. The number of benzene rings is 2. The lowest BCUT2D eigenvalue weighted by Gasteiger charge is -2.29. The second kappa shape index (κ2) is 9.51. The van der Waals surface area contributed by atoms with Gasteiger partial charge in [-0.05, 0) is 88.1 Å². The van der Waals surface area contributed by atoms with Crippen molar-refractivity contribution in [3.8, 4) is 5.75 Å². The topological polar surface area (TPSA) is 75.7 Å². The molecule has 0 saturated heterocycles. The van der Waals surface area contributed by atoms with E-state index in [2.05, 4.69) is 24.4 Å². The summed E-state index contributed by atoms with van der Waals surface area (Å²) in [5.41, 5.74) is 4.87. The number of aryl methyl sites for hydroxylation is 3. The third-order valence-electron chi connectivity index (χ3n) is 5.20. The molecule has 2 aromatic rings. The summed E-state index contributed by atoms with van der Waals surface area (Å²) in [6.45, 7) is 12.0. The minimum atomic E-state index is -3.68. The van der Waals surface area contributed by atoms with E-state index in [4.69, 9.17) is 4.74 Å². The van der Waals surface area contributed by atoms with Crippen LogP contribution in [0.5, 0.6) is 5.75 Å². The summed E-state index contributed by atoms with van der Waals surface area (Å²) in [6.07, 6.45) is 1.10. The van der Waals surface area contributed by atoms with Gasteiger partial charge in [-0.3, -0.25) is 9.10 Å². The number of carbonyl (C=O) groups excluding carboxylic acids is 1. The largest absolute Gasteiger partial charge is 0.494 e. The summed E-state index contributed by atoms with van der Waals surface area (Å²) in [4.78, 5) is 13.0. The second-order valence-electron chi connectivity index (χ2n) is 7.69. The Labute approximate surface area is 180 Å². The number of nitrogens with one attached hydrogen (secondary N) is 1. The average molecular weight is 433 g/mol. The first kappa shape index (κ1) is 23.7. The number of rotatable bonds is 8. The maximum Gasteiger partial charge on any atom is 0.244 e. The molecule has 30 heavy (non-hydrogen) atoms. The van der Waals surface area contributed by atoms with Crippen molar-refractivity contribution in [3.63, 3.8) is 0 Å². The van der Waals surface area contributed by atoms with Crippen molar-refractivity contribution in [2.45, 2.75) is 53.6 Å². The first-order valence-electron chi connectivity index (χ1n) is 10.1. The van der Waals surface area contributed by atoms with Crippen LogP contribution in [0.2, 0.25) is 0 Å². The van der Waals surface area contributed by atoms with Crippen molar-refractivity contribution < 1.29 is 17.9 Å². The Hall–Kier alpha value is -2.54. The van der Waals surface area contributed by atoms with Crippen LogP contribution in [0.1, 0.15) is 49.1 Å². The van der Waals surface area contributed by atoms with Crippen molar-refractivity contribution in [1.29, 1.82) is 0 Å². The highest BCUT2D eigenvalue weighted by Crippen LogP contribution is 2.25. The Morgan fingerprint density at radius 3 is 2.13 bits per heavy atom. The zero-order valence-electron chi connectivity index (χ0n) is 18.8. The van der Waals surface area contributed by atoms with Crippen LogP contribution in [0.3, 0.4) is 0 Å². The predicted molar refractivity (Wildman–Crippen MR) is 122 cm³/mol. The monoisotopic (exact) mass is 432 g/mol. The van der Waals surface area contributed by atoms with Gasteiger partial charge in [0, 0.05) is 0 Å². The molecule has 0 bridgehead atoms. The average Bonchev–Trinajstić information content (AvgIpc) is 2.65. The number of ether oxygens (including phenoxy) is 1. The van der Waals surface area contributed by atoms with Crippen LogP contribution >= 0.6 is 0 Å². The predicted octanol–water partition coefficient (Wildman–Crippen LogP) is 4.04. The number of hydrogen-bond acceptors (Lipinski definition) is 4. The highest BCUT2D eigenvalue weighted by Gasteiger charge is 2.30. The first-order valence-corrected chi connectivity index (χ1v) is 11.9. The maximum absolute atomic E-state index is 13.0. The van der Waals surface area contributed by atoms with Gasteiger partial charge in [0.25, 0.3) is 0 Å². The van der Waals surface area contributed by atoms with E-state index in [1.807, 2.05) is 27.7 Å². The van der Waals surface area contributed by atoms with Crippen molar-refractivity contribution in [3.05, 3.63) is 58.7 Å². The molecule has 6 nitrogen and oxygen atoms in total. The third-order valence-corrected chi connectivity index (χ3v) is 6.44. The van der Waals surface area contributed by atoms with Gasteiger partial charge in [-0.25, -0.2) is 8.42 Å². The van der Waals surface area contributed by atoms with Gasteiger partial charge in [-0.1, -0.05) is 12.1 Å². The highest BCUT2D eigenvalue weighted by molar-refractivity contribution is 7.92. The van der Waals surface area contributed by atoms with Gasteiger partial charge >= 0.3 is 0 Å². The second-order valence-corrected chi connectivity index (χ2v) is 9.54. The number of amides is 1. The Bertz CT molecular complexity index is 1000. The molecule has 0 aliphatic rings. The lowest BCUT2D eigenvalue weighted by molar-refractivity contribution is -0.122. The molecular formula is C23H32N2O4S. The van der Waals surface area contributed by atoms with Crippen LogP contribution in [0.25, 0.3) is 0 Å². The summed E-state index contributed by atoms with van der Waals surface area (Å²) in [5, 5.41) is 2.97. The quantitative estimate of drug-likeness (QED) is 0.683. The van der Waals surface area contributed by atoms with Crippen molar-refractivity contribution in [1.82, 2.24) is 5.32 Å². The van der Waals surface area contributed by atoms with Gasteiger partial charge in [0.05, 0.1) is 24.6 Å². The van der Waals surface area contributed by atoms with E-state index in [-0.39, 0.29) is 11.9 Å². The molecule has 2 rings (SSSR count). The summed E-state index contributed by atoms with van der Waals surface area (Å²) >= 11 is 0. The van der Waals surface area contributed by atoms with E-state index in [1.54, 1.807) is 31.2 Å². The van der Waals surface area contributed by atoms with Crippen LogP contribution in [0.4, 0.5) is 5.69 Å². The van der Waals surface area contributed by atoms with E-state index in [0.717, 1.165) is 27.3 Å². The molecule has 0 unspecified atom stereocenters. The molecule has 1 N–H and O–H groups in total. The van der Waals surface area contributed by atoms with Crippen LogP contribution in [0, 0.1) is 20.8 Å². The number of nitrogens with zero attached hydrogens (tertiary/aromatic N) is 1. The lowest BCUT2D eigenvalue weighted by Crippen LogP contribution is -2.48. The summed E-state index contributed by atoms with van der Waals surface area (Å²) < 4.78 is 31.5. The molecule has 0 heterocycles. The van der Waals surface area contributed by atoms with E-state index in [1.165, 1.54) is 5.56 Å². The summed E-state index contributed by atoms with van der Waals surface area (Å²) in [5.74, 6) is 0.282. The Kier molecular flexibility index (Phi) is 7.53. The molecule has 1 amide bonds. The van der Waals surface area contributed by atoms with Gasteiger partial charge in [-0.2, -0.15) is 0 Å². The van der Waals surface area contributed by atoms with Gasteiger partial charge in [-0.15, -0.1) is 0 Å². The first-order chi connectivity index (χ1) is 14.0. The van der Waals surface area contributed by atoms with E-state index in [0.29, 0.717) is 18.0 Å². The lowest BCUT2D eigenvalue weighted by atomic mass is 9.96. The van der Waals surface area contributed by atoms with Gasteiger partial charge in [0.1, 0.15) is 11.8 Å². The number of hydrogen-bond donors (Lipinski definition) is 1. The Morgan fingerprint density at radius 1 is 1.03 bits per heavy atom. The van der Waals surface area contributed by atoms with Crippen LogP contribution in [-0.2, 0) is 14.8 Å². The number of sulfonamides is 1. The Morgan fingerprint density at radius 2 is 1.60 bits per heavy atom. The number of anilines is 1. The summed E-state index contributed by atoms with van der Waals surface area (Å²) in [6, 6.07) is 9.69. The van der Waals surface area contributed by atoms with Crippen LogP contribution in [0.15, 0.2) is 36.4 Å². The zero-order chi connectivity index (χ0) is 22.6. The highest BCUT2D eigenvalue weighted by atomic mass is 32.2. The molecule has 0 aliphatic heterocycles. The molecule has 7 heteroatoms. The van der Waals surface area contributed by atoms with E-state index in [9.17, 15) is 13.2 Å². The molecule has 0 aromatic heterocycles. The molecule has 2 aromatic carbocycles. The smallest absolute Gasteiger partial charge is 0.244 e. The molecule has 0 aliphatic carbocycles. The third kappa shape index (κ3) is 5.53. The molecule has 0 fully saturated rings. The van der Waals surface area contributed by atoms with Gasteiger partial charge < -0.3 is 10.1 Å². The molecule has 0 saturated carbocycles. The Balaban J connectivity index is 2.27. The minimum absolute atomic E-state index is 0.249. The molecule has 2 atom stereocenters. The van der Waals surface area contributed by atoms with Crippen LogP contribution < -0.4 is 14.4 Å². The van der Waals surface area contributed by atoms with Crippen LogP contribution in [-0.4, -0.2) is 33.2 Å². The fraction of sp³-hybridized carbons (Fsp3) is 0.435. The molecule has 0 radical (unpaired) electrons. The van der Waals surface area contributed by atoms with Crippen molar-refractivity contribution in [2.75, 3.05) is 17.2 Å². The van der Waals surface area contributed by atoms with Gasteiger partial charge in [0.2, 0.25) is 15.9 Å². The molecule has 164 valence electrons. The fourth-order valence-corrected chi connectivity index (χ4v) is 4.70. The zero-order valence-corrected chi connectivity index (χ0v) is 19.6. The van der Waals surface area contributed by atoms with Gasteiger partial charge in [0.15, 0.2) is 0 Å².